The van der Waals surface area contributed by atoms with E-state index in [1.807, 2.05) is 26.1 Å². The Labute approximate surface area is 116 Å². The molecule has 19 heavy (non-hydrogen) atoms. The number of hydrogen-bond acceptors (Lipinski definition) is 2. The largest absolute Gasteiger partial charge is 0.366 e. The molecule has 1 atom stereocenters. The lowest BCUT2D eigenvalue weighted by atomic mass is 10.1. The zero-order valence-corrected chi connectivity index (χ0v) is 12.2. The van der Waals surface area contributed by atoms with Crippen LogP contribution in [0.1, 0.15) is 51.1 Å². The summed E-state index contributed by atoms with van der Waals surface area (Å²) in [5, 5.41) is 3.15. The van der Waals surface area contributed by atoms with E-state index in [0.29, 0.717) is 6.04 Å². The average molecular weight is 264 g/mol. The van der Waals surface area contributed by atoms with Crippen molar-refractivity contribution in [2.45, 2.75) is 51.6 Å². The summed E-state index contributed by atoms with van der Waals surface area (Å²) in [5.41, 5.74) is 1.77. The number of anilines is 1. The van der Waals surface area contributed by atoms with E-state index in [-0.39, 0.29) is 11.9 Å². The highest BCUT2D eigenvalue weighted by Crippen LogP contribution is 2.30. The van der Waals surface area contributed by atoms with Crippen molar-refractivity contribution < 1.29 is 4.39 Å². The van der Waals surface area contributed by atoms with Crippen LogP contribution in [0.2, 0.25) is 0 Å². The van der Waals surface area contributed by atoms with Crippen LogP contribution in [0.3, 0.4) is 0 Å². The molecule has 0 saturated heterocycles. The molecule has 0 aromatic heterocycles. The molecule has 1 fully saturated rings. The molecule has 106 valence electrons. The van der Waals surface area contributed by atoms with Crippen molar-refractivity contribution in [2.75, 3.05) is 18.5 Å². The molecule has 1 aromatic carbocycles. The second-order valence-corrected chi connectivity index (χ2v) is 5.45. The van der Waals surface area contributed by atoms with Crippen LogP contribution in [-0.4, -0.2) is 19.6 Å². The third-order valence-corrected chi connectivity index (χ3v) is 4.32. The molecular formula is C16H25FN2. The highest BCUT2D eigenvalue weighted by atomic mass is 19.1. The Morgan fingerprint density at radius 2 is 2.05 bits per heavy atom. The maximum atomic E-state index is 14.4. The first-order valence-corrected chi connectivity index (χ1v) is 7.40. The molecule has 0 heterocycles. The number of nitrogens with one attached hydrogen (secondary N) is 1. The molecule has 0 aliphatic heterocycles. The van der Waals surface area contributed by atoms with Gasteiger partial charge in [-0.25, -0.2) is 4.39 Å². The van der Waals surface area contributed by atoms with Gasteiger partial charge in [-0.2, -0.15) is 0 Å². The molecule has 1 aromatic rings. The molecule has 1 aliphatic carbocycles. The standard InChI is InChI=1S/C16H25FN2/c1-4-19(14-7-5-6-8-14)16-10-9-13(11-15(16)17)12(2)18-3/h9-12,14,18H,4-8H2,1-3H3. The monoisotopic (exact) mass is 264 g/mol. The van der Waals surface area contributed by atoms with Gasteiger partial charge in [0.2, 0.25) is 0 Å². The van der Waals surface area contributed by atoms with E-state index in [1.54, 1.807) is 6.07 Å². The second-order valence-electron chi connectivity index (χ2n) is 5.45. The van der Waals surface area contributed by atoms with Crippen molar-refractivity contribution in [1.29, 1.82) is 0 Å². The van der Waals surface area contributed by atoms with Gasteiger partial charge in [-0.15, -0.1) is 0 Å². The van der Waals surface area contributed by atoms with Crippen LogP contribution in [-0.2, 0) is 0 Å². The Morgan fingerprint density at radius 1 is 1.37 bits per heavy atom. The summed E-state index contributed by atoms with van der Waals surface area (Å²) in [5.74, 6) is -0.0895. The first-order valence-electron chi connectivity index (χ1n) is 7.40. The summed E-state index contributed by atoms with van der Waals surface area (Å²) in [6, 6.07) is 6.36. The fourth-order valence-electron chi connectivity index (χ4n) is 3.03. The van der Waals surface area contributed by atoms with Crippen LogP contribution < -0.4 is 10.2 Å². The van der Waals surface area contributed by atoms with Gasteiger partial charge in [0.25, 0.3) is 0 Å². The Bertz CT molecular complexity index is 413. The molecule has 1 N–H and O–H groups in total. The van der Waals surface area contributed by atoms with E-state index in [4.69, 9.17) is 0 Å². The Morgan fingerprint density at radius 3 is 2.58 bits per heavy atom. The summed E-state index contributed by atoms with van der Waals surface area (Å²) in [6.45, 7) is 5.04. The van der Waals surface area contributed by atoms with Crippen molar-refractivity contribution in [3.63, 3.8) is 0 Å². The van der Waals surface area contributed by atoms with Gasteiger partial charge in [0, 0.05) is 18.6 Å². The third kappa shape index (κ3) is 3.08. The highest BCUT2D eigenvalue weighted by molar-refractivity contribution is 5.50. The van der Waals surface area contributed by atoms with E-state index in [1.165, 1.54) is 25.7 Å². The zero-order chi connectivity index (χ0) is 13.8. The molecule has 0 amide bonds. The van der Waals surface area contributed by atoms with Crippen LogP contribution in [0.4, 0.5) is 10.1 Å². The molecule has 1 aliphatic rings. The SMILES string of the molecule is CCN(c1ccc(C(C)NC)cc1F)C1CCCC1. The van der Waals surface area contributed by atoms with E-state index >= 15 is 0 Å². The fourth-order valence-corrected chi connectivity index (χ4v) is 3.03. The second kappa shape index (κ2) is 6.38. The molecule has 1 unspecified atom stereocenters. The van der Waals surface area contributed by atoms with Gasteiger partial charge >= 0.3 is 0 Å². The average Bonchev–Trinajstić information content (AvgIpc) is 2.94. The van der Waals surface area contributed by atoms with Gasteiger partial charge < -0.3 is 10.2 Å². The summed E-state index contributed by atoms with van der Waals surface area (Å²) in [4.78, 5) is 2.23. The Balaban J connectivity index is 2.23. The number of rotatable bonds is 5. The molecule has 0 bridgehead atoms. The lowest BCUT2D eigenvalue weighted by Crippen LogP contribution is -2.33. The van der Waals surface area contributed by atoms with Gasteiger partial charge in [0.1, 0.15) is 5.82 Å². The van der Waals surface area contributed by atoms with E-state index in [9.17, 15) is 4.39 Å². The van der Waals surface area contributed by atoms with Crippen LogP contribution in [0.5, 0.6) is 0 Å². The first kappa shape index (κ1) is 14.3. The number of nitrogens with zero attached hydrogens (tertiary/aromatic N) is 1. The summed E-state index contributed by atoms with van der Waals surface area (Å²) >= 11 is 0. The minimum absolute atomic E-state index is 0.0895. The minimum atomic E-state index is -0.0895. The van der Waals surface area contributed by atoms with Crippen molar-refractivity contribution >= 4 is 5.69 Å². The Hall–Kier alpha value is -1.09. The van der Waals surface area contributed by atoms with E-state index in [0.717, 1.165) is 17.8 Å². The van der Waals surface area contributed by atoms with E-state index < -0.39 is 0 Å². The van der Waals surface area contributed by atoms with Crippen molar-refractivity contribution in [3.8, 4) is 0 Å². The fraction of sp³-hybridized carbons (Fsp3) is 0.625. The quantitative estimate of drug-likeness (QED) is 0.868. The lowest BCUT2D eigenvalue weighted by molar-refractivity contribution is 0.572. The lowest BCUT2D eigenvalue weighted by Gasteiger charge is -2.30. The minimum Gasteiger partial charge on any atom is -0.366 e. The molecule has 2 rings (SSSR count). The summed E-state index contributed by atoms with van der Waals surface area (Å²) in [7, 11) is 1.90. The Kier molecular flexibility index (Phi) is 4.81. The molecule has 2 nitrogen and oxygen atoms in total. The normalized spacial score (nSPS) is 17.7. The zero-order valence-electron chi connectivity index (χ0n) is 12.2. The maximum absolute atomic E-state index is 14.4. The van der Waals surface area contributed by atoms with E-state index in [2.05, 4.69) is 17.1 Å². The van der Waals surface area contributed by atoms with Gasteiger partial charge in [-0.05, 0) is 51.4 Å². The van der Waals surface area contributed by atoms with Crippen LogP contribution in [0.15, 0.2) is 18.2 Å². The van der Waals surface area contributed by atoms with Crippen LogP contribution in [0.25, 0.3) is 0 Å². The molecular weight excluding hydrogens is 239 g/mol. The third-order valence-electron chi connectivity index (χ3n) is 4.32. The smallest absolute Gasteiger partial charge is 0.146 e. The van der Waals surface area contributed by atoms with Crippen molar-refractivity contribution in [2.24, 2.45) is 0 Å². The van der Waals surface area contributed by atoms with Gasteiger partial charge in [0.05, 0.1) is 5.69 Å². The predicted octanol–water partition coefficient (Wildman–Crippen LogP) is 3.88. The van der Waals surface area contributed by atoms with Crippen LogP contribution in [0, 0.1) is 5.82 Å². The topological polar surface area (TPSA) is 15.3 Å². The first-order chi connectivity index (χ1) is 9.17. The number of hydrogen-bond donors (Lipinski definition) is 1. The highest BCUT2D eigenvalue weighted by Gasteiger charge is 2.23. The number of halogens is 1. The maximum Gasteiger partial charge on any atom is 0.146 e. The number of benzene rings is 1. The van der Waals surface area contributed by atoms with Gasteiger partial charge in [-0.1, -0.05) is 18.9 Å². The predicted molar refractivity (Wildman–Crippen MR) is 79.2 cm³/mol. The van der Waals surface area contributed by atoms with Crippen molar-refractivity contribution in [1.82, 2.24) is 5.32 Å². The summed E-state index contributed by atoms with van der Waals surface area (Å²) in [6.07, 6.45) is 4.94. The molecule has 3 heteroatoms. The van der Waals surface area contributed by atoms with Gasteiger partial charge in [-0.3, -0.25) is 0 Å². The van der Waals surface area contributed by atoms with Gasteiger partial charge in [0.15, 0.2) is 0 Å². The summed E-state index contributed by atoms with van der Waals surface area (Å²) < 4.78 is 14.4. The molecule has 0 spiro atoms. The molecule has 1 saturated carbocycles. The van der Waals surface area contributed by atoms with Crippen molar-refractivity contribution in [3.05, 3.63) is 29.6 Å². The van der Waals surface area contributed by atoms with Crippen LogP contribution >= 0.6 is 0 Å². The molecule has 0 radical (unpaired) electrons.